The average Bonchev–Trinajstić information content (AvgIpc) is 2.39. The zero-order valence-electron chi connectivity index (χ0n) is 11.4. The molecule has 0 spiro atoms. The molecule has 18 heavy (non-hydrogen) atoms. The van der Waals surface area contributed by atoms with Gasteiger partial charge in [0.2, 0.25) is 0 Å². The van der Waals surface area contributed by atoms with E-state index in [0.717, 1.165) is 32.5 Å². The third kappa shape index (κ3) is 4.41. The van der Waals surface area contributed by atoms with Crippen LogP contribution in [0.5, 0.6) is 0 Å². The van der Waals surface area contributed by atoms with E-state index in [1.165, 1.54) is 18.7 Å². The van der Waals surface area contributed by atoms with Crippen LogP contribution in [0, 0.1) is 0 Å². The molecule has 2 rings (SSSR count). The SMILES string of the molecule is CN(CCN1CCC(N)CC1)Cc1ccccc1. The van der Waals surface area contributed by atoms with Gasteiger partial charge in [0.1, 0.15) is 0 Å². The Morgan fingerprint density at radius 1 is 1.22 bits per heavy atom. The van der Waals surface area contributed by atoms with Crippen molar-refractivity contribution in [2.24, 2.45) is 5.73 Å². The third-order valence-corrected chi connectivity index (χ3v) is 3.73. The van der Waals surface area contributed by atoms with Crippen LogP contribution in [0.1, 0.15) is 18.4 Å². The number of nitrogens with zero attached hydrogens (tertiary/aromatic N) is 2. The molecule has 0 radical (unpaired) electrons. The van der Waals surface area contributed by atoms with Crippen molar-refractivity contribution < 1.29 is 0 Å². The van der Waals surface area contributed by atoms with Crippen LogP contribution in [0.4, 0.5) is 0 Å². The fourth-order valence-corrected chi connectivity index (χ4v) is 2.46. The minimum absolute atomic E-state index is 0.434. The first-order valence-corrected chi connectivity index (χ1v) is 6.94. The molecule has 2 N–H and O–H groups in total. The number of likely N-dealkylation sites (N-methyl/N-ethyl adjacent to an activating group) is 1. The van der Waals surface area contributed by atoms with E-state index in [9.17, 15) is 0 Å². The van der Waals surface area contributed by atoms with Gasteiger partial charge in [-0.3, -0.25) is 0 Å². The second-order valence-electron chi connectivity index (χ2n) is 5.40. The maximum atomic E-state index is 5.92. The summed E-state index contributed by atoms with van der Waals surface area (Å²) in [5.41, 5.74) is 7.31. The highest BCUT2D eigenvalue weighted by Crippen LogP contribution is 2.08. The monoisotopic (exact) mass is 247 g/mol. The Morgan fingerprint density at radius 2 is 1.89 bits per heavy atom. The average molecular weight is 247 g/mol. The molecule has 0 atom stereocenters. The van der Waals surface area contributed by atoms with Crippen molar-refractivity contribution in [2.75, 3.05) is 33.2 Å². The van der Waals surface area contributed by atoms with Gasteiger partial charge in [-0.15, -0.1) is 0 Å². The van der Waals surface area contributed by atoms with Crippen LogP contribution in [-0.2, 0) is 6.54 Å². The fraction of sp³-hybridized carbons (Fsp3) is 0.600. The van der Waals surface area contributed by atoms with Gasteiger partial charge >= 0.3 is 0 Å². The van der Waals surface area contributed by atoms with Gasteiger partial charge in [0.25, 0.3) is 0 Å². The standard InChI is InChI=1S/C15H25N3/c1-17(13-14-5-3-2-4-6-14)11-12-18-9-7-15(16)8-10-18/h2-6,15H,7-13,16H2,1H3. The summed E-state index contributed by atoms with van der Waals surface area (Å²) in [6, 6.07) is 11.1. The van der Waals surface area contributed by atoms with Crippen LogP contribution in [0.15, 0.2) is 30.3 Å². The predicted molar refractivity (Wildman–Crippen MR) is 76.4 cm³/mol. The lowest BCUT2D eigenvalue weighted by Crippen LogP contribution is -2.42. The summed E-state index contributed by atoms with van der Waals surface area (Å²) in [5, 5.41) is 0. The van der Waals surface area contributed by atoms with E-state index < -0.39 is 0 Å². The van der Waals surface area contributed by atoms with Gasteiger partial charge in [-0.2, -0.15) is 0 Å². The van der Waals surface area contributed by atoms with Crippen LogP contribution in [0.25, 0.3) is 0 Å². The van der Waals surface area contributed by atoms with Crippen LogP contribution in [-0.4, -0.2) is 49.1 Å². The summed E-state index contributed by atoms with van der Waals surface area (Å²) in [4.78, 5) is 4.93. The van der Waals surface area contributed by atoms with Gasteiger partial charge in [0.05, 0.1) is 0 Å². The molecule has 0 amide bonds. The first kappa shape index (κ1) is 13.5. The number of hydrogen-bond donors (Lipinski definition) is 1. The molecular weight excluding hydrogens is 222 g/mol. The van der Waals surface area contributed by atoms with E-state index in [1.54, 1.807) is 0 Å². The number of piperidine rings is 1. The highest BCUT2D eigenvalue weighted by atomic mass is 15.2. The van der Waals surface area contributed by atoms with Crippen LogP contribution in [0.3, 0.4) is 0 Å². The topological polar surface area (TPSA) is 32.5 Å². The first-order valence-electron chi connectivity index (χ1n) is 6.94. The molecule has 100 valence electrons. The van der Waals surface area contributed by atoms with Crippen molar-refractivity contribution in [3.05, 3.63) is 35.9 Å². The van der Waals surface area contributed by atoms with Crippen molar-refractivity contribution in [3.63, 3.8) is 0 Å². The van der Waals surface area contributed by atoms with E-state index in [1.807, 2.05) is 0 Å². The molecule has 3 nitrogen and oxygen atoms in total. The molecule has 1 aromatic rings. The largest absolute Gasteiger partial charge is 0.328 e. The van der Waals surface area contributed by atoms with Gasteiger partial charge in [-0.25, -0.2) is 0 Å². The number of hydrogen-bond acceptors (Lipinski definition) is 3. The Balaban J connectivity index is 1.67. The molecule has 0 aromatic heterocycles. The smallest absolute Gasteiger partial charge is 0.0231 e. The summed E-state index contributed by atoms with van der Waals surface area (Å²) in [6.45, 7) is 5.66. The zero-order valence-corrected chi connectivity index (χ0v) is 11.4. The highest BCUT2D eigenvalue weighted by molar-refractivity contribution is 5.14. The molecular formula is C15H25N3. The lowest BCUT2D eigenvalue weighted by atomic mass is 10.1. The summed E-state index contributed by atoms with van der Waals surface area (Å²) >= 11 is 0. The molecule has 0 unspecified atom stereocenters. The second-order valence-corrected chi connectivity index (χ2v) is 5.40. The minimum atomic E-state index is 0.434. The van der Waals surface area contributed by atoms with Crippen LogP contribution in [0.2, 0.25) is 0 Å². The Hall–Kier alpha value is -0.900. The summed E-state index contributed by atoms with van der Waals surface area (Å²) in [6.07, 6.45) is 2.31. The lowest BCUT2D eigenvalue weighted by Gasteiger charge is -2.31. The van der Waals surface area contributed by atoms with Crippen LogP contribution >= 0.6 is 0 Å². The molecule has 3 heteroatoms. The second kappa shape index (κ2) is 6.88. The van der Waals surface area contributed by atoms with Gasteiger partial charge in [0.15, 0.2) is 0 Å². The Morgan fingerprint density at radius 3 is 2.56 bits per heavy atom. The van der Waals surface area contributed by atoms with Gasteiger partial charge < -0.3 is 15.5 Å². The van der Waals surface area contributed by atoms with Crippen molar-refractivity contribution in [1.82, 2.24) is 9.80 Å². The molecule has 0 aliphatic carbocycles. The quantitative estimate of drug-likeness (QED) is 0.856. The minimum Gasteiger partial charge on any atom is -0.328 e. The Bertz CT molecular complexity index is 331. The van der Waals surface area contributed by atoms with E-state index in [0.29, 0.717) is 6.04 Å². The van der Waals surface area contributed by atoms with Gasteiger partial charge in [0, 0.05) is 25.7 Å². The van der Waals surface area contributed by atoms with Crippen LogP contribution < -0.4 is 5.73 Å². The number of nitrogens with two attached hydrogens (primary N) is 1. The van der Waals surface area contributed by atoms with E-state index in [-0.39, 0.29) is 0 Å². The molecule has 0 saturated carbocycles. The fourth-order valence-electron chi connectivity index (χ4n) is 2.46. The van der Waals surface area contributed by atoms with Gasteiger partial charge in [-0.05, 0) is 38.5 Å². The lowest BCUT2D eigenvalue weighted by molar-refractivity contribution is 0.183. The third-order valence-electron chi connectivity index (χ3n) is 3.73. The normalized spacial score (nSPS) is 18.4. The van der Waals surface area contributed by atoms with E-state index in [2.05, 4.69) is 47.2 Å². The molecule has 1 aromatic carbocycles. The molecule has 1 saturated heterocycles. The molecule has 0 bridgehead atoms. The van der Waals surface area contributed by atoms with E-state index in [4.69, 9.17) is 5.73 Å². The summed E-state index contributed by atoms with van der Waals surface area (Å²) in [7, 11) is 2.20. The van der Waals surface area contributed by atoms with Gasteiger partial charge in [-0.1, -0.05) is 30.3 Å². The molecule has 1 aliphatic heterocycles. The number of likely N-dealkylation sites (tertiary alicyclic amines) is 1. The Kier molecular flexibility index (Phi) is 5.17. The number of rotatable bonds is 5. The number of benzene rings is 1. The zero-order chi connectivity index (χ0) is 12.8. The summed E-state index contributed by atoms with van der Waals surface area (Å²) < 4.78 is 0. The Labute approximate surface area is 111 Å². The van der Waals surface area contributed by atoms with E-state index >= 15 is 0 Å². The molecule has 1 fully saturated rings. The molecule has 1 heterocycles. The first-order chi connectivity index (χ1) is 8.74. The highest BCUT2D eigenvalue weighted by Gasteiger charge is 2.15. The predicted octanol–water partition coefficient (Wildman–Crippen LogP) is 1.54. The van der Waals surface area contributed by atoms with Crippen molar-refractivity contribution in [2.45, 2.75) is 25.4 Å². The molecule has 1 aliphatic rings. The maximum absolute atomic E-state index is 5.92. The van der Waals surface area contributed by atoms with Crippen molar-refractivity contribution in [1.29, 1.82) is 0 Å². The summed E-state index contributed by atoms with van der Waals surface area (Å²) in [5.74, 6) is 0. The van der Waals surface area contributed by atoms with Crippen molar-refractivity contribution in [3.8, 4) is 0 Å². The maximum Gasteiger partial charge on any atom is 0.0231 e. The van der Waals surface area contributed by atoms with Crippen molar-refractivity contribution >= 4 is 0 Å².